The zero-order valence-electron chi connectivity index (χ0n) is 15.0. The van der Waals surface area contributed by atoms with E-state index in [2.05, 4.69) is 20.6 Å². The molecule has 1 aromatic heterocycles. The smallest absolute Gasteiger partial charge is 0.340 e. The Balaban J connectivity index is 1.77. The number of ether oxygens (including phenoxy) is 1. The average molecular weight is 397 g/mol. The van der Waals surface area contributed by atoms with Crippen molar-refractivity contribution < 1.29 is 14.3 Å². The maximum Gasteiger partial charge on any atom is 0.340 e. The molecule has 1 heterocycles. The van der Waals surface area contributed by atoms with Gasteiger partial charge in [0, 0.05) is 16.8 Å². The van der Waals surface area contributed by atoms with Gasteiger partial charge in [-0.3, -0.25) is 4.79 Å². The summed E-state index contributed by atoms with van der Waals surface area (Å²) in [6.45, 7) is 1.96. The Morgan fingerprint density at radius 1 is 1.07 bits per heavy atom. The van der Waals surface area contributed by atoms with E-state index in [4.69, 9.17) is 16.3 Å². The number of hydrogen-bond donors (Lipinski definition) is 2. The normalized spacial score (nSPS) is 10.2. The highest BCUT2D eigenvalue weighted by molar-refractivity contribution is 6.30. The van der Waals surface area contributed by atoms with Gasteiger partial charge in [0.25, 0.3) is 5.91 Å². The number of esters is 1. The van der Waals surface area contributed by atoms with Crippen LogP contribution in [-0.2, 0) is 4.74 Å². The number of rotatable bonds is 6. The summed E-state index contributed by atoms with van der Waals surface area (Å²) < 4.78 is 5.01. The third-order valence-corrected chi connectivity index (χ3v) is 3.94. The highest BCUT2D eigenvalue weighted by Gasteiger charge is 2.16. The van der Waals surface area contributed by atoms with E-state index in [0.29, 0.717) is 16.5 Å². The molecule has 2 aromatic carbocycles. The molecule has 1 amide bonds. The van der Waals surface area contributed by atoms with Crippen LogP contribution in [0.3, 0.4) is 0 Å². The summed E-state index contributed by atoms with van der Waals surface area (Å²) in [6.07, 6.45) is 1.28. The maximum atomic E-state index is 12.6. The standard InChI is InChI=1S/C20H17ClN4O3/c1-2-28-20(27)15-5-3-4-6-16(15)25-19(26)17-11-18(23-12-22-17)24-14-9-7-13(21)8-10-14/h3-12H,2H2,1H3,(H,25,26)(H,22,23,24). The van der Waals surface area contributed by atoms with Crippen LogP contribution in [0.4, 0.5) is 17.2 Å². The highest BCUT2D eigenvalue weighted by atomic mass is 35.5. The Bertz CT molecular complexity index is 993. The van der Waals surface area contributed by atoms with Gasteiger partial charge in [0.05, 0.1) is 17.9 Å². The Kier molecular flexibility index (Phi) is 6.18. The minimum atomic E-state index is -0.508. The van der Waals surface area contributed by atoms with Crippen molar-refractivity contribution in [2.24, 2.45) is 0 Å². The Morgan fingerprint density at radius 3 is 2.57 bits per heavy atom. The third kappa shape index (κ3) is 4.83. The number of amides is 1. The molecule has 3 rings (SSSR count). The summed E-state index contributed by atoms with van der Waals surface area (Å²) in [5.74, 6) is -0.536. The minimum Gasteiger partial charge on any atom is -0.462 e. The molecule has 0 fully saturated rings. The van der Waals surface area contributed by atoms with Crippen LogP contribution < -0.4 is 10.6 Å². The predicted molar refractivity (Wildman–Crippen MR) is 107 cm³/mol. The molecule has 0 saturated heterocycles. The lowest BCUT2D eigenvalue weighted by atomic mass is 10.1. The van der Waals surface area contributed by atoms with Crippen LogP contribution in [0.5, 0.6) is 0 Å². The lowest BCUT2D eigenvalue weighted by molar-refractivity contribution is 0.0527. The van der Waals surface area contributed by atoms with E-state index in [9.17, 15) is 9.59 Å². The molecule has 0 atom stereocenters. The first-order valence-corrected chi connectivity index (χ1v) is 8.86. The molecule has 8 heteroatoms. The van der Waals surface area contributed by atoms with Crippen LogP contribution in [0.2, 0.25) is 5.02 Å². The number of halogens is 1. The molecule has 0 spiro atoms. The number of anilines is 3. The number of carbonyl (C=O) groups excluding carboxylic acids is 2. The lowest BCUT2D eigenvalue weighted by Gasteiger charge is -2.11. The van der Waals surface area contributed by atoms with Gasteiger partial charge in [-0.15, -0.1) is 0 Å². The zero-order valence-corrected chi connectivity index (χ0v) is 15.7. The van der Waals surface area contributed by atoms with Crippen LogP contribution >= 0.6 is 11.6 Å². The quantitative estimate of drug-likeness (QED) is 0.603. The van der Waals surface area contributed by atoms with Crippen molar-refractivity contribution in [3.05, 3.63) is 77.2 Å². The molecule has 0 aliphatic heterocycles. The molecular formula is C20H17ClN4O3. The molecule has 2 N–H and O–H groups in total. The van der Waals surface area contributed by atoms with Gasteiger partial charge in [0.1, 0.15) is 17.8 Å². The Hall–Kier alpha value is -3.45. The van der Waals surface area contributed by atoms with Crippen molar-refractivity contribution in [3.63, 3.8) is 0 Å². The summed E-state index contributed by atoms with van der Waals surface area (Å²) in [4.78, 5) is 32.8. The van der Waals surface area contributed by atoms with E-state index in [1.54, 1.807) is 55.5 Å². The number of nitrogens with one attached hydrogen (secondary N) is 2. The number of carbonyl (C=O) groups is 2. The fraction of sp³-hybridized carbons (Fsp3) is 0.100. The highest BCUT2D eigenvalue weighted by Crippen LogP contribution is 2.19. The largest absolute Gasteiger partial charge is 0.462 e. The molecule has 0 unspecified atom stereocenters. The molecule has 142 valence electrons. The average Bonchev–Trinajstić information content (AvgIpc) is 2.70. The molecule has 3 aromatic rings. The molecule has 7 nitrogen and oxygen atoms in total. The number of aromatic nitrogens is 2. The van der Waals surface area contributed by atoms with E-state index in [1.807, 2.05) is 0 Å². The summed E-state index contributed by atoms with van der Waals surface area (Å²) in [6, 6.07) is 15.2. The zero-order chi connectivity index (χ0) is 19.9. The number of nitrogens with zero attached hydrogens (tertiary/aromatic N) is 2. The maximum absolute atomic E-state index is 12.6. The van der Waals surface area contributed by atoms with E-state index in [0.717, 1.165) is 5.69 Å². The van der Waals surface area contributed by atoms with Gasteiger partial charge in [0.2, 0.25) is 0 Å². The van der Waals surface area contributed by atoms with Crippen molar-refractivity contribution in [3.8, 4) is 0 Å². The second kappa shape index (κ2) is 8.96. The van der Waals surface area contributed by atoms with Crippen molar-refractivity contribution in [2.45, 2.75) is 6.92 Å². The number of benzene rings is 2. The number of hydrogen-bond acceptors (Lipinski definition) is 6. The monoisotopic (exact) mass is 396 g/mol. The summed E-state index contributed by atoms with van der Waals surface area (Å²) in [5.41, 5.74) is 1.52. The second-order valence-corrected chi connectivity index (χ2v) is 6.08. The Labute approximate surface area is 166 Å². The Morgan fingerprint density at radius 2 is 1.82 bits per heavy atom. The first kappa shape index (κ1) is 19.3. The van der Waals surface area contributed by atoms with Gasteiger partial charge in [-0.2, -0.15) is 0 Å². The van der Waals surface area contributed by atoms with E-state index >= 15 is 0 Å². The first-order chi connectivity index (χ1) is 13.6. The first-order valence-electron chi connectivity index (χ1n) is 8.49. The van der Waals surface area contributed by atoms with E-state index < -0.39 is 11.9 Å². The van der Waals surface area contributed by atoms with Crippen LogP contribution in [0.15, 0.2) is 60.9 Å². The van der Waals surface area contributed by atoms with Crippen molar-refractivity contribution in [1.29, 1.82) is 0 Å². The molecular weight excluding hydrogens is 380 g/mol. The van der Waals surface area contributed by atoms with Crippen LogP contribution in [0, 0.1) is 0 Å². The topological polar surface area (TPSA) is 93.2 Å². The second-order valence-electron chi connectivity index (χ2n) is 5.64. The summed E-state index contributed by atoms with van der Waals surface area (Å²) in [7, 11) is 0. The van der Waals surface area contributed by atoms with Crippen molar-refractivity contribution >= 4 is 40.7 Å². The predicted octanol–water partition coefficient (Wildman–Crippen LogP) is 4.30. The van der Waals surface area contributed by atoms with Gasteiger partial charge in [0.15, 0.2) is 0 Å². The third-order valence-electron chi connectivity index (χ3n) is 3.69. The fourth-order valence-corrected chi connectivity index (χ4v) is 2.52. The van der Waals surface area contributed by atoms with Gasteiger partial charge >= 0.3 is 5.97 Å². The molecule has 0 bridgehead atoms. The SMILES string of the molecule is CCOC(=O)c1ccccc1NC(=O)c1cc(Nc2ccc(Cl)cc2)ncn1. The van der Waals surface area contributed by atoms with Gasteiger partial charge in [-0.1, -0.05) is 23.7 Å². The van der Waals surface area contributed by atoms with Crippen LogP contribution in [0.1, 0.15) is 27.8 Å². The lowest BCUT2D eigenvalue weighted by Crippen LogP contribution is -2.17. The van der Waals surface area contributed by atoms with Crippen molar-refractivity contribution in [2.75, 3.05) is 17.2 Å². The van der Waals surface area contributed by atoms with Crippen LogP contribution in [-0.4, -0.2) is 28.5 Å². The number of para-hydroxylation sites is 1. The van der Waals surface area contributed by atoms with Gasteiger partial charge in [-0.05, 0) is 43.3 Å². The molecule has 28 heavy (non-hydrogen) atoms. The fourth-order valence-electron chi connectivity index (χ4n) is 2.40. The van der Waals surface area contributed by atoms with Gasteiger partial charge < -0.3 is 15.4 Å². The van der Waals surface area contributed by atoms with Crippen molar-refractivity contribution in [1.82, 2.24) is 9.97 Å². The molecule has 0 aliphatic rings. The molecule has 0 saturated carbocycles. The van der Waals surface area contributed by atoms with Gasteiger partial charge in [-0.25, -0.2) is 14.8 Å². The van der Waals surface area contributed by atoms with Crippen LogP contribution in [0.25, 0.3) is 0 Å². The molecule has 0 radical (unpaired) electrons. The van der Waals surface area contributed by atoms with E-state index in [1.165, 1.54) is 12.4 Å². The molecule has 0 aliphatic carbocycles. The van der Waals surface area contributed by atoms with E-state index in [-0.39, 0.29) is 17.9 Å². The summed E-state index contributed by atoms with van der Waals surface area (Å²) >= 11 is 5.87. The minimum absolute atomic E-state index is 0.144. The summed E-state index contributed by atoms with van der Waals surface area (Å²) in [5, 5.41) is 6.38.